The SMILES string of the molecule is C.C.C=C(C)C(CC/C(=C\c1c(C)ccc(CCC)c1CC)C12CC1C2)c1ccccc1.C=CC. The number of fused-ring (bicyclic) bond motifs is 1. The molecule has 0 amide bonds. The first-order chi connectivity index (χ1) is 15.9. The van der Waals surface area contributed by atoms with Crippen molar-refractivity contribution in [3.8, 4) is 0 Å². The van der Waals surface area contributed by atoms with Crippen LogP contribution in [0.15, 0.2) is 72.8 Å². The molecule has 0 radical (unpaired) electrons. The molecule has 2 saturated carbocycles. The topological polar surface area (TPSA) is 0 Å². The van der Waals surface area contributed by atoms with Gasteiger partial charge in [-0.05, 0) is 98.4 Å². The normalized spacial score (nSPS) is 20.1. The lowest BCUT2D eigenvalue weighted by Gasteiger charge is -2.21. The molecule has 2 aliphatic carbocycles. The Morgan fingerprint density at radius 1 is 1.09 bits per heavy atom. The van der Waals surface area contributed by atoms with Gasteiger partial charge in [0.15, 0.2) is 0 Å². The van der Waals surface area contributed by atoms with Crippen LogP contribution in [0.25, 0.3) is 6.08 Å². The number of rotatable bonds is 10. The quantitative estimate of drug-likeness (QED) is 0.302. The molecule has 0 spiro atoms. The molecule has 0 heteroatoms. The van der Waals surface area contributed by atoms with Crippen molar-refractivity contribution in [2.45, 2.75) is 100 Å². The Balaban J connectivity index is 0.00000117. The lowest BCUT2D eigenvalue weighted by molar-refractivity contribution is 0.641. The average molecular weight is 473 g/mol. The van der Waals surface area contributed by atoms with Crippen LogP contribution in [0.4, 0.5) is 0 Å². The minimum absolute atomic E-state index is 0. The molecule has 0 saturated heterocycles. The summed E-state index contributed by atoms with van der Waals surface area (Å²) in [6.45, 7) is 18.7. The second-order valence-electron chi connectivity index (χ2n) is 10.2. The Kier molecular flexibility index (Phi) is 12.0. The molecule has 0 aromatic heterocycles. The maximum absolute atomic E-state index is 4.34. The number of hydrogen-bond donors (Lipinski definition) is 0. The van der Waals surface area contributed by atoms with Crippen molar-refractivity contribution in [3.63, 3.8) is 0 Å². The van der Waals surface area contributed by atoms with Crippen molar-refractivity contribution in [2.24, 2.45) is 11.3 Å². The fraction of sp³-hybridized carbons (Fsp3) is 0.486. The molecule has 1 atom stereocenters. The molecule has 2 aromatic carbocycles. The van der Waals surface area contributed by atoms with Gasteiger partial charge in [-0.15, -0.1) is 6.58 Å². The third-order valence-corrected chi connectivity index (χ3v) is 7.68. The zero-order chi connectivity index (χ0) is 24.0. The molecular formula is C35H52. The molecule has 1 unspecified atom stereocenters. The van der Waals surface area contributed by atoms with Crippen LogP contribution in [0, 0.1) is 18.3 Å². The van der Waals surface area contributed by atoms with E-state index in [1.54, 1.807) is 22.8 Å². The molecule has 0 heterocycles. The Labute approximate surface area is 218 Å². The summed E-state index contributed by atoms with van der Waals surface area (Å²) in [5.41, 5.74) is 11.1. The molecule has 35 heavy (non-hydrogen) atoms. The summed E-state index contributed by atoms with van der Waals surface area (Å²) in [6.07, 6.45) is 13.1. The van der Waals surface area contributed by atoms with Gasteiger partial charge in [-0.1, -0.05) is 107 Å². The standard InChI is InChI=1S/C30H38.C3H6.2CH4/c1-6-11-23-15-14-22(5)29(27(23)7-2)18-25(30-19-26(30)20-30)16-17-28(21(3)4)24-12-9-8-10-13-24;1-3-2;;/h8-10,12-15,18,26,28H,3,6-7,11,16-17,19-20H2,1-2,4-5H3;3H,1H2,2H3;2*1H4/b25-18+;;;. The summed E-state index contributed by atoms with van der Waals surface area (Å²) in [4.78, 5) is 0. The second-order valence-corrected chi connectivity index (χ2v) is 10.2. The van der Waals surface area contributed by atoms with Gasteiger partial charge in [0.2, 0.25) is 0 Å². The monoisotopic (exact) mass is 472 g/mol. The van der Waals surface area contributed by atoms with E-state index in [0.29, 0.717) is 11.3 Å². The minimum atomic E-state index is 0. The molecule has 0 aliphatic heterocycles. The minimum Gasteiger partial charge on any atom is -0.103 e. The fourth-order valence-electron chi connectivity index (χ4n) is 5.50. The van der Waals surface area contributed by atoms with Gasteiger partial charge >= 0.3 is 0 Å². The number of allylic oxidation sites excluding steroid dienone is 3. The molecule has 0 bridgehead atoms. The lowest BCUT2D eigenvalue weighted by Crippen LogP contribution is -2.04. The van der Waals surface area contributed by atoms with Crippen LogP contribution < -0.4 is 0 Å². The maximum atomic E-state index is 4.34. The number of benzene rings is 2. The van der Waals surface area contributed by atoms with Crippen LogP contribution in [0.3, 0.4) is 0 Å². The van der Waals surface area contributed by atoms with Crippen molar-refractivity contribution < 1.29 is 0 Å². The first kappa shape index (κ1) is 30.7. The molecule has 0 N–H and O–H groups in total. The van der Waals surface area contributed by atoms with Gasteiger partial charge in [0, 0.05) is 5.92 Å². The Bertz CT molecular complexity index is 982. The van der Waals surface area contributed by atoms with E-state index in [1.807, 2.05) is 6.92 Å². The highest BCUT2D eigenvalue weighted by Gasteiger charge is 2.70. The summed E-state index contributed by atoms with van der Waals surface area (Å²) >= 11 is 0. The molecule has 2 fully saturated rings. The van der Waals surface area contributed by atoms with E-state index in [2.05, 4.69) is 89.4 Å². The van der Waals surface area contributed by atoms with Crippen molar-refractivity contribution in [1.29, 1.82) is 0 Å². The van der Waals surface area contributed by atoms with E-state index in [1.165, 1.54) is 60.8 Å². The van der Waals surface area contributed by atoms with E-state index in [-0.39, 0.29) is 14.9 Å². The fourth-order valence-corrected chi connectivity index (χ4v) is 5.50. The van der Waals surface area contributed by atoms with Crippen molar-refractivity contribution in [2.75, 3.05) is 0 Å². The highest BCUT2D eigenvalue weighted by atomic mass is 14.7. The van der Waals surface area contributed by atoms with E-state index in [4.69, 9.17) is 0 Å². The summed E-state index contributed by atoms with van der Waals surface area (Å²) in [7, 11) is 0. The predicted octanol–water partition coefficient (Wildman–Crippen LogP) is 10.9. The zero-order valence-corrected chi connectivity index (χ0v) is 21.7. The van der Waals surface area contributed by atoms with Gasteiger partial charge in [-0.25, -0.2) is 0 Å². The van der Waals surface area contributed by atoms with Crippen LogP contribution in [0.2, 0.25) is 0 Å². The smallest absolute Gasteiger partial charge is 0.00457 e. The number of aryl methyl sites for hydroxylation is 2. The van der Waals surface area contributed by atoms with Gasteiger partial charge in [-0.3, -0.25) is 0 Å². The third-order valence-electron chi connectivity index (χ3n) is 7.68. The summed E-state index contributed by atoms with van der Waals surface area (Å²) in [5, 5.41) is 0. The van der Waals surface area contributed by atoms with Crippen LogP contribution in [0.1, 0.15) is 108 Å². The molecule has 2 aromatic rings. The molecule has 2 aliphatic rings. The molecule has 4 rings (SSSR count). The van der Waals surface area contributed by atoms with Crippen LogP contribution in [-0.2, 0) is 12.8 Å². The highest BCUT2D eigenvalue weighted by molar-refractivity contribution is 5.65. The largest absolute Gasteiger partial charge is 0.103 e. The Morgan fingerprint density at radius 2 is 1.69 bits per heavy atom. The third kappa shape index (κ3) is 7.09. The second kappa shape index (κ2) is 13.7. The van der Waals surface area contributed by atoms with Crippen LogP contribution in [0.5, 0.6) is 0 Å². The maximum Gasteiger partial charge on any atom is 0.00457 e. The van der Waals surface area contributed by atoms with Gasteiger partial charge in [0.25, 0.3) is 0 Å². The predicted molar refractivity (Wildman–Crippen MR) is 160 cm³/mol. The van der Waals surface area contributed by atoms with Crippen molar-refractivity contribution >= 4 is 6.08 Å². The van der Waals surface area contributed by atoms with E-state index in [0.717, 1.165) is 12.3 Å². The highest BCUT2D eigenvalue weighted by Crippen LogP contribution is 2.79. The van der Waals surface area contributed by atoms with E-state index >= 15 is 0 Å². The van der Waals surface area contributed by atoms with Gasteiger partial charge in [0.1, 0.15) is 0 Å². The average Bonchev–Trinajstić information content (AvgIpc) is 3.67. The molecular weight excluding hydrogens is 420 g/mol. The Hall–Kier alpha value is -2.34. The van der Waals surface area contributed by atoms with Crippen molar-refractivity contribution in [1.82, 2.24) is 0 Å². The first-order valence-corrected chi connectivity index (χ1v) is 13.0. The van der Waals surface area contributed by atoms with Crippen LogP contribution >= 0.6 is 0 Å². The first-order valence-electron chi connectivity index (χ1n) is 13.0. The van der Waals surface area contributed by atoms with E-state index in [9.17, 15) is 0 Å². The summed E-state index contributed by atoms with van der Waals surface area (Å²) in [6, 6.07) is 15.7. The van der Waals surface area contributed by atoms with Gasteiger partial charge in [-0.2, -0.15) is 0 Å². The summed E-state index contributed by atoms with van der Waals surface area (Å²) in [5.74, 6) is 1.44. The van der Waals surface area contributed by atoms with Gasteiger partial charge in [0.05, 0.1) is 0 Å². The summed E-state index contributed by atoms with van der Waals surface area (Å²) < 4.78 is 0. The van der Waals surface area contributed by atoms with Crippen molar-refractivity contribution in [3.05, 3.63) is 101 Å². The van der Waals surface area contributed by atoms with E-state index < -0.39 is 0 Å². The van der Waals surface area contributed by atoms with Crippen LogP contribution in [-0.4, -0.2) is 0 Å². The molecule has 0 nitrogen and oxygen atoms in total. The van der Waals surface area contributed by atoms with Gasteiger partial charge < -0.3 is 0 Å². The molecule has 192 valence electrons. The lowest BCUT2D eigenvalue weighted by atomic mass is 9.84. The number of hydrogen-bond acceptors (Lipinski definition) is 0. The Morgan fingerprint density at radius 3 is 2.17 bits per heavy atom. The zero-order valence-electron chi connectivity index (χ0n) is 21.7.